The number of guanidine groups is 1. The van der Waals surface area contributed by atoms with E-state index in [-0.39, 0.29) is 24.0 Å². The number of likely N-dealkylation sites (tertiary alicyclic amines) is 1. The quantitative estimate of drug-likeness (QED) is 0.353. The minimum absolute atomic E-state index is 0. The summed E-state index contributed by atoms with van der Waals surface area (Å²) in [6, 6.07) is 15.1. The van der Waals surface area contributed by atoms with E-state index >= 15 is 0 Å². The monoisotopic (exact) mass is 548 g/mol. The van der Waals surface area contributed by atoms with Crippen molar-refractivity contribution in [3.63, 3.8) is 0 Å². The van der Waals surface area contributed by atoms with Crippen LogP contribution in [0.3, 0.4) is 0 Å². The van der Waals surface area contributed by atoms with Crippen LogP contribution in [0.25, 0.3) is 0 Å². The fourth-order valence-corrected chi connectivity index (χ4v) is 4.67. The van der Waals surface area contributed by atoms with Crippen molar-refractivity contribution in [3.05, 3.63) is 59.8 Å². The first-order valence-electron chi connectivity index (χ1n) is 11.6. The number of piperazine rings is 1. The summed E-state index contributed by atoms with van der Waals surface area (Å²) in [7, 11) is 4.08. The molecule has 6 nitrogen and oxygen atoms in total. The van der Waals surface area contributed by atoms with Gasteiger partial charge in [-0.25, -0.2) is 4.98 Å². The van der Waals surface area contributed by atoms with Gasteiger partial charge < -0.3 is 20.0 Å². The van der Waals surface area contributed by atoms with Crippen LogP contribution in [0.4, 0.5) is 5.82 Å². The lowest BCUT2D eigenvalue weighted by Crippen LogP contribution is -2.46. The number of anilines is 1. The molecule has 2 saturated heterocycles. The van der Waals surface area contributed by atoms with Crippen molar-refractivity contribution in [2.24, 2.45) is 10.9 Å². The predicted molar refractivity (Wildman–Crippen MR) is 144 cm³/mol. The van der Waals surface area contributed by atoms with Crippen LogP contribution in [0.15, 0.2) is 53.7 Å². The second kappa shape index (κ2) is 12.4. The molecule has 32 heavy (non-hydrogen) atoms. The molecule has 0 atom stereocenters. The van der Waals surface area contributed by atoms with Gasteiger partial charge >= 0.3 is 0 Å². The van der Waals surface area contributed by atoms with Crippen molar-refractivity contribution >= 4 is 35.8 Å². The zero-order valence-corrected chi connectivity index (χ0v) is 21.7. The van der Waals surface area contributed by atoms with Crippen LogP contribution in [0.5, 0.6) is 0 Å². The molecule has 7 heteroatoms. The number of aromatic nitrogens is 1. The molecule has 1 aromatic heterocycles. The van der Waals surface area contributed by atoms with Gasteiger partial charge in [0.05, 0.1) is 0 Å². The van der Waals surface area contributed by atoms with E-state index in [0.717, 1.165) is 63.5 Å². The van der Waals surface area contributed by atoms with Crippen LogP contribution in [0.2, 0.25) is 0 Å². The Balaban J connectivity index is 0.00000289. The molecule has 0 radical (unpaired) electrons. The molecule has 0 amide bonds. The number of rotatable bonds is 5. The molecular weight excluding hydrogens is 511 g/mol. The number of hydrogen-bond acceptors (Lipinski definition) is 4. The summed E-state index contributed by atoms with van der Waals surface area (Å²) < 4.78 is 0. The summed E-state index contributed by atoms with van der Waals surface area (Å²) in [6.45, 7) is 7.12. The van der Waals surface area contributed by atoms with Gasteiger partial charge in [-0.3, -0.25) is 4.99 Å². The molecule has 4 rings (SSSR count). The molecule has 0 bridgehead atoms. The van der Waals surface area contributed by atoms with Gasteiger partial charge in [0.2, 0.25) is 0 Å². The second-order valence-electron chi connectivity index (χ2n) is 8.80. The van der Waals surface area contributed by atoms with Crippen molar-refractivity contribution in [2.45, 2.75) is 25.8 Å². The van der Waals surface area contributed by atoms with Crippen molar-refractivity contribution in [3.8, 4) is 0 Å². The van der Waals surface area contributed by atoms with Crippen molar-refractivity contribution in [1.29, 1.82) is 0 Å². The van der Waals surface area contributed by atoms with Gasteiger partial charge in [-0.15, -0.1) is 24.0 Å². The summed E-state index contributed by atoms with van der Waals surface area (Å²) in [5.41, 5.74) is 2.70. The van der Waals surface area contributed by atoms with Crippen LogP contribution in [-0.2, 0) is 13.0 Å². The van der Waals surface area contributed by atoms with Crippen LogP contribution in [-0.4, -0.2) is 74.1 Å². The molecular formula is C25H37IN6. The Morgan fingerprint density at radius 1 is 1.00 bits per heavy atom. The summed E-state index contributed by atoms with van der Waals surface area (Å²) in [6.07, 6.45) is 5.53. The highest BCUT2D eigenvalue weighted by Gasteiger charge is 2.22. The summed E-state index contributed by atoms with van der Waals surface area (Å²) in [4.78, 5) is 16.5. The van der Waals surface area contributed by atoms with Crippen LogP contribution >= 0.6 is 24.0 Å². The molecule has 174 valence electrons. The van der Waals surface area contributed by atoms with E-state index in [0.29, 0.717) is 0 Å². The van der Waals surface area contributed by atoms with E-state index in [1.807, 2.05) is 19.3 Å². The minimum atomic E-state index is 0. The topological polar surface area (TPSA) is 47.0 Å². The molecule has 0 spiro atoms. The third kappa shape index (κ3) is 6.57. The Kier molecular flexibility index (Phi) is 9.59. The maximum absolute atomic E-state index is 4.71. The molecule has 0 aliphatic carbocycles. The van der Waals surface area contributed by atoms with Crippen LogP contribution in [0, 0.1) is 5.92 Å². The van der Waals surface area contributed by atoms with Gasteiger partial charge in [-0.1, -0.05) is 36.4 Å². The molecule has 0 unspecified atom stereocenters. The Hall–Kier alpha value is -1.87. The molecule has 1 N–H and O–H groups in total. The molecule has 1 aromatic carbocycles. The van der Waals surface area contributed by atoms with Crippen molar-refractivity contribution in [1.82, 2.24) is 20.1 Å². The maximum atomic E-state index is 4.71. The van der Waals surface area contributed by atoms with Crippen LogP contribution in [0.1, 0.15) is 24.0 Å². The highest BCUT2D eigenvalue weighted by Crippen LogP contribution is 2.22. The van der Waals surface area contributed by atoms with Crippen LogP contribution < -0.4 is 10.2 Å². The van der Waals surface area contributed by atoms with E-state index in [4.69, 9.17) is 4.98 Å². The lowest BCUT2D eigenvalue weighted by Gasteiger charge is -2.35. The Labute approximate surface area is 210 Å². The number of pyridine rings is 1. The third-order valence-electron chi connectivity index (χ3n) is 6.60. The lowest BCUT2D eigenvalue weighted by atomic mass is 9.90. The first-order chi connectivity index (χ1) is 15.2. The molecule has 0 saturated carbocycles. The average molecular weight is 549 g/mol. The molecule has 2 aromatic rings. The third-order valence-corrected chi connectivity index (χ3v) is 6.60. The Bertz CT molecular complexity index is 843. The number of likely N-dealkylation sites (N-methyl/N-ethyl adjacent to an activating group) is 1. The van der Waals surface area contributed by atoms with Gasteiger partial charge in [0.15, 0.2) is 5.96 Å². The van der Waals surface area contributed by atoms with Gasteiger partial charge in [0.1, 0.15) is 5.82 Å². The number of benzene rings is 1. The Morgan fingerprint density at radius 2 is 1.72 bits per heavy atom. The van der Waals surface area contributed by atoms with E-state index in [1.54, 1.807) is 0 Å². The lowest BCUT2D eigenvalue weighted by molar-refractivity contribution is 0.259. The highest BCUT2D eigenvalue weighted by molar-refractivity contribution is 14.0. The minimum Gasteiger partial charge on any atom is -0.354 e. The van der Waals surface area contributed by atoms with Crippen molar-refractivity contribution < 1.29 is 0 Å². The number of halogens is 1. The zero-order chi connectivity index (χ0) is 21.5. The van der Waals surface area contributed by atoms with Gasteiger partial charge in [0, 0.05) is 64.6 Å². The maximum Gasteiger partial charge on any atom is 0.193 e. The van der Waals surface area contributed by atoms with Gasteiger partial charge in [0.25, 0.3) is 0 Å². The van der Waals surface area contributed by atoms with Crippen molar-refractivity contribution in [2.75, 3.05) is 58.3 Å². The molecule has 2 aliphatic rings. The summed E-state index contributed by atoms with van der Waals surface area (Å²) in [5, 5.41) is 3.61. The van der Waals surface area contributed by atoms with E-state index in [2.05, 4.69) is 68.5 Å². The smallest absolute Gasteiger partial charge is 0.193 e. The highest BCUT2D eigenvalue weighted by atomic mass is 127. The average Bonchev–Trinajstić information content (AvgIpc) is 2.82. The standard InChI is InChI=1S/C25H36N6.HI/c1-26-25(31-13-10-22(11-14-31)19-21-7-4-3-5-8-21)28-20-23-9-6-12-27-24(23)30-17-15-29(2)16-18-30;/h3-9,12,22H,10-11,13-20H2,1-2H3,(H,26,28);1H. The molecule has 2 fully saturated rings. The summed E-state index contributed by atoms with van der Waals surface area (Å²) >= 11 is 0. The number of piperidine rings is 1. The fourth-order valence-electron chi connectivity index (χ4n) is 4.67. The number of nitrogens with zero attached hydrogens (tertiary/aromatic N) is 5. The Morgan fingerprint density at radius 3 is 2.41 bits per heavy atom. The molecule has 3 heterocycles. The second-order valence-corrected chi connectivity index (χ2v) is 8.80. The number of hydrogen-bond donors (Lipinski definition) is 1. The SMILES string of the molecule is CN=C(NCc1cccnc1N1CCN(C)CC1)N1CCC(Cc2ccccc2)CC1.I. The van der Waals surface area contributed by atoms with E-state index in [1.165, 1.54) is 30.4 Å². The predicted octanol–water partition coefficient (Wildman–Crippen LogP) is 3.48. The number of nitrogens with one attached hydrogen (secondary N) is 1. The molecule has 2 aliphatic heterocycles. The first kappa shape index (κ1) is 24.8. The van der Waals surface area contributed by atoms with Gasteiger partial charge in [-0.05, 0) is 43.9 Å². The van der Waals surface area contributed by atoms with Gasteiger partial charge in [-0.2, -0.15) is 0 Å². The number of aliphatic imine (C=N–C) groups is 1. The normalized spacial score (nSPS) is 18.4. The van der Waals surface area contributed by atoms with E-state index in [9.17, 15) is 0 Å². The van der Waals surface area contributed by atoms with E-state index < -0.39 is 0 Å². The first-order valence-corrected chi connectivity index (χ1v) is 11.6. The fraction of sp³-hybridized carbons (Fsp3) is 0.520. The summed E-state index contributed by atoms with van der Waals surface area (Å²) in [5.74, 6) is 2.88. The zero-order valence-electron chi connectivity index (χ0n) is 19.4. The largest absolute Gasteiger partial charge is 0.354 e.